The molecule has 1 amide bonds. The Morgan fingerprint density at radius 3 is 2.87 bits per heavy atom. The van der Waals surface area contributed by atoms with Gasteiger partial charge < -0.3 is 15.5 Å². The topological polar surface area (TPSA) is 62.5 Å². The van der Waals surface area contributed by atoms with Crippen molar-refractivity contribution in [1.29, 1.82) is 0 Å². The van der Waals surface area contributed by atoms with Gasteiger partial charge in [0.1, 0.15) is 5.82 Å². The van der Waals surface area contributed by atoms with Gasteiger partial charge in [0.2, 0.25) is 5.91 Å². The fourth-order valence-corrected chi connectivity index (χ4v) is 3.13. The normalized spacial score (nSPS) is 17.3. The number of pyridine rings is 1. The molecule has 0 aliphatic carbocycles. The number of rotatable bonds is 4. The lowest BCUT2D eigenvalue weighted by Gasteiger charge is -2.27. The van der Waals surface area contributed by atoms with E-state index in [0.717, 1.165) is 25.2 Å². The molecule has 1 aromatic carbocycles. The van der Waals surface area contributed by atoms with Crippen molar-refractivity contribution < 1.29 is 4.79 Å². The molecular formula is C18H22N4O. The summed E-state index contributed by atoms with van der Waals surface area (Å²) in [5.41, 5.74) is 8.36. The Morgan fingerprint density at radius 2 is 2.13 bits per heavy atom. The van der Waals surface area contributed by atoms with Gasteiger partial charge in [-0.1, -0.05) is 12.1 Å². The molecule has 1 aromatic heterocycles. The van der Waals surface area contributed by atoms with E-state index in [-0.39, 0.29) is 6.04 Å². The van der Waals surface area contributed by atoms with E-state index in [1.54, 1.807) is 18.3 Å². The van der Waals surface area contributed by atoms with Gasteiger partial charge in [0.25, 0.3) is 0 Å². The lowest BCUT2D eigenvalue weighted by atomic mass is 10.0. The third-order valence-electron chi connectivity index (χ3n) is 4.35. The second-order valence-corrected chi connectivity index (χ2v) is 6.11. The Morgan fingerprint density at radius 1 is 1.30 bits per heavy atom. The summed E-state index contributed by atoms with van der Waals surface area (Å²) in [4.78, 5) is 20.2. The number of primary amides is 1. The van der Waals surface area contributed by atoms with Gasteiger partial charge in [-0.05, 0) is 42.7 Å². The number of aromatic nitrogens is 1. The highest BCUT2D eigenvalue weighted by atomic mass is 16.1. The highest BCUT2D eigenvalue weighted by Crippen LogP contribution is 2.36. The lowest BCUT2D eigenvalue weighted by molar-refractivity contribution is 0.1000. The molecule has 0 spiro atoms. The van der Waals surface area contributed by atoms with E-state index in [2.05, 4.69) is 39.0 Å². The smallest absolute Gasteiger partial charge is 0.248 e. The first-order valence-electron chi connectivity index (χ1n) is 7.86. The number of hydrogen-bond acceptors (Lipinski definition) is 4. The molecule has 0 bridgehead atoms. The van der Waals surface area contributed by atoms with Crippen LogP contribution in [0.3, 0.4) is 0 Å². The highest BCUT2D eigenvalue weighted by molar-refractivity contribution is 5.93. The molecule has 120 valence electrons. The molecule has 2 aromatic rings. The van der Waals surface area contributed by atoms with E-state index in [4.69, 9.17) is 5.73 Å². The van der Waals surface area contributed by atoms with Crippen LogP contribution in [0.15, 0.2) is 42.6 Å². The summed E-state index contributed by atoms with van der Waals surface area (Å²) >= 11 is 0. The predicted octanol–water partition coefficient (Wildman–Crippen LogP) is 2.59. The van der Waals surface area contributed by atoms with Crippen LogP contribution in [0.5, 0.6) is 0 Å². The molecule has 1 saturated heterocycles. The van der Waals surface area contributed by atoms with Crippen molar-refractivity contribution in [3.05, 3.63) is 53.7 Å². The average Bonchev–Trinajstić information content (AvgIpc) is 3.04. The maximum Gasteiger partial charge on any atom is 0.248 e. The quantitative estimate of drug-likeness (QED) is 0.943. The van der Waals surface area contributed by atoms with E-state index >= 15 is 0 Å². The second-order valence-electron chi connectivity index (χ2n) is 6.11. The monoisotopic (exact) mass is 310 g/mol. The second kappa shape index (κ2) is 6.28. The molecule has 1 aliphatic rings. The minimum Gasteiger partial charge on any atom is -0.378 e. The van der Waals surface area contributed by atoms with Crippen molar-refractivity contribution >= 4 is 17.4 Å². The summed E-state index contributed by atoms with van der Waals surface area (Å²) in [5, 5.41) is 0. The van der Waals surface area contributed by atoms with Gasteiger partial charge in [0, 0.05) is 38.1 Å². The van der Waals surface area contributed by atoms with Gasteiger partial charge in [-0.3, -0.25) is 4.79 Å². The minimum atomic E-state index is -0.418. The van der Waals surface area contributed by atoms with Gasteiger partial charge in [-0.15, -0.1) is 0 Å². The van der Waals surface area contributed by atoms with Crippen LogP contribution in [0, 0.1) is 0 Å². The molecule has 5 nitrogen and oxygen atoms in total. The SMILES string of the molecule is CN(C)c1cccc(C2CCCN2c2cc(C(N)=O)ccn2)c1. The van der Waals surface area contributed by atoms with Gasteiger partial charge in [-0.2, -0.15) is 0 Å². The molecule has 0 radical (unpaired) electrons. The van der Waals surface area contributed by atoms with Crippen LogP contribution in [0.2, 0.25) is 0 Å². The molecule has 1 aliphatic heterocycles. The van der Waals surface area contributed by atoms with E-state index in [1.165, 1.54) is 11.3 Å². The first-order chi connectivity index (χ1) is 11.1. The summed E-state index contributed by atoms with van der Waals surface area (Å²) < 4.78 is 0. The minimum absolute atomic E-state index is 0.283. The predicted molar refractivity (Wildman–Crippen MR) is 92.8 cm³/mol. The molecule has 0 saturated carbocycles. The number of carbonyl (C=O) groups excluding carboxylic acids is 1. The van der Waals surface area contributed by atoms with Crippen LogP contribution in [0.4, 0.5) is 11.5 Å². The Bertz CT molecular complexity index is 714. The van der Waals surface area contributed by atoms with E-state index in [1.807, 2.05) is 14.1 Å². The molecule has 1 atom stereocenters. The maximum absolute atomic E-state index is 11.4. The molecule has 23 heavy (non-hydrogen) atoms. The summed E-state index contributed by atoms with van der Waals surface area (Å²) in [7, 11) is 4.09. The molecule has 5 heteroatoms. The third-order valence-corrected chi connectivity index (χ3v) is 4.35. The number of nitrogens with two attached hydrogens (primary N) is 1. The van der Waals surface area contributed by atoms with Crippen molar-refractivity contribution in [1.82, 2.24) is 4.98 Å². The van der Waals surface area contributed by atoms with Crippen molar-refractivity contribution in [2.45, 2.75) is 18.9 Å². The number of amides is 1. The van der Waals surface area contributed by atoms with Crippen molar-refractivity contribution in [3.8, 4) is 0 Å². The maximum atomic E-state index is 11.4. The standard InChI is InChI=1S/C18H22N4O/c1-21(2)15-6-3-5-13(11-15)16-7-4-10-22(16)17-12-14(18(19)23)8-9-20-17/h3,5-6,8-9,11-12,16H,4,7,10H2,1-2H3,(H2,19,23). The summed E-state index contributed by atoms with van der Waals surface area (Å²) in [6, 6.07) is 12.3. The first kappa shape index (κ1) is 15.3. The van der Waals surface area contributed by atoms with Crippen LogP contribution in [-0.2, 0) is 0 Å². The number of nitrogens with zero attached hydrogens (tertiary/aromatic N) is 3. The van der Waals surface area contributed by atoms with Crippen molar-refractivity contribution in [3.63, 3.8) is 0 Å². The third kappa shape index (κ3) is 3.13. The van der Waals surface area contributed by atoms with Gasteiger partial charge in [0.15, 0.2) is 0 Å². The zero-order valence-corrected chi connectivity index (χ0v) is 13.6. The summed E-state index contributed by atoms with van der Waals surface area (Å²) in [5.74, 6) is 0.401. The van der Waals surface area contributed by atoms with Gasteiger partial charge >= 0.3 is 0 Å². The lowest BCUT2D eigenvalue weighted by Crippen LogP contribution is -2.24. The molecule has 1 unspecified atom stereocenters. The van der Waals surface area contributed by atoms with Crippen LogP contribution >= 0.6 is 0 Å². The van der Waals surface area contributed by atoms with Gasteiger partial charge in [0.05, 0.1) is 6.04 Å². The van der Waals surface area contributed by atoms with Gasteiger partial charge in [-0.25, -0.2) is 4.98 Å². The van der Waals surface area contributed by atoms with Crippen LogP contribution in [0.25, 0.3) is 0 Å². The Labute approximate surface area is 136 Å². The molecule has 2 N–H and O–H groups in total. The van der Waals surface area contributed by atoms with E-state index in [9.17, 15) is 4.79 Å². The highest BCUT2D eigenvalue weighted by Gasteiger charge is 2.27. The number of carbonyl (C=O) groups is 1. The zero-order valence-electron chi connectivity index (χ0n) is 13.6. The van der Waals surface area contributed by atoms with Crippen LogP contribution in [0.1, 0.15) is 34.8 Å². The Hall–Kier alpha value is -2.56. The van der Waals surface area contributed by atoms with Crippen LogP contribution < -0.4 is 15.5 Å². The zero-order chi connectivity index (χ0) is 16.4. The number of hydrogen-bond donors (Lipinski definition) is 1. The summed E-state index contributed by atoms with van der Waals surface area (Å²) in [6.45, 7) is 0.937. The van der Waals surface area contributed by atoms with Crippen molar-refractivity contribution in [2.24, 2.45) is 5.73 Å². The fourth-order valence-electron chi connectivity index (χ4n) is 3.13. The van der Waals surface area contributed by atoms with E-state index in [0.29, 0.717) is 5.56 Å². The Balaban J connectivity index is 1.93. The summed E-state index contributed by atoms with van der Waals surface area (Å²) in [6.07, 6.45) is 3.85. The molecule has 1 fully saturated rings. The average molecular weight is 310 g/mol. The fraction of sp³-hybridized carbons (Fsp3) is 0.333. The first-order valence-corrected chi connectivity index (χ1v) is 7.86. The van der Waals surface area contributed by atoms with E-state index < -0.39 is 5.91 Å². The molecular weight excluding hydrogens is 288 g/mol. The molecule has 3 rings (SSSR count). The van der Waals surface area contributed by atoms with Crippen LogP contribution in [-0.4, -0.2) is 31.5 Å². The number of anilines is 2. The molecule has 2 heterocycles. The Kier molecular flexibility index (Phi) is 4.19. The van der Waals surface area contributed by atoms with Crippen molar-refractivity contribution in [2.75, 3.05) is 30.4 Å². The number of benzene rings is 1. The largest absolute Gasteiger partial charge is 0.378 e.